The lowest BCUT2D eigenvalue weighted by Gasteiger charge is -2.38. The van der Waals surface area contributed by atoms with Gasteiger partial charge in [0.2, 0.25) is 6.23 Å². The van der Waals surface area contributed by atoms with E-state index in [0.717, 1.165) is 40.3 Å². The van der Waals surface area contributed by atoms with E-state index in [1.165, 1.54) is 12.1 Å². The van der Waals surface area contributed by atoms with Crippen molar-refractivity contribution < 1.29 is 13.9 Å². The van der Waals surface area contributed by atoms with Crippen LogP contribution in [0, 0.1) is 5.82 Å². The van der Waals surface area contributed by atoms with Crippen molar-refractivity contribution in [3.05, 3.63) is 108 Å². The summed E-state index contributed by atoms with van der Waals surface area (Å²) in [5.74, 6) is 1.38. The fourth-order valence-corrected chi connectivity index (χ4v) is 3.95. The Morgan fingerprint density at radius 1 is 1.07 bits per heavy atom. The molecule has 5 heteroatoms. The summed E-state index contributed by atoms with van der Waals surface area (Å²) < 4.78 is 25.3. The van der Waals surface area contributed by atoms with Gasteiger partial charge in [0.1, 0.15) is 23.9 Å². The van der Waals surface area contributed by atoms with Gasteiger partial charge in [-0.25, -0.2) is 9.40 Å². The zero-order valence-corrected chi connectivity index (χ0v) is 16.4. The average Bonchev–Trinajstić information content (AvgIpc) is 3.24. The molecule has 3 aromatic carbocycles. The monoisotopic (exact) mass is 400 g/mol. The molecule has 0 radical (unpaired) electrons. The fourth-order valence-electron chi connectivity index (χ4n) is 3.95. The molecule has 30 heavy (non-hydrogen) atoms. The van der Waals surface area contributed by atoms with Crippen LogP contribution in [-0.2, 0) is 0 Å². The normalized spacial score (nSPS) is 19.4. The van der Waals surface area contributed by atoms with E-state index in [2.05, 4.69) is 12.6 Å². The van der Waals surface area contributed by atoms with E-state index in [-0.39, 0.29) is 11.9 Å². The van der Waals surface area contributed by atoms with Gasteiger partial charge in [-0.05, 0) is 48.0 Å². The molecule has 0 aromatic heterocycles. The number of hydrogen-bond donors (Lipinski definition) is 0. The molecule has 2 aliphatic rings. The number of para-hydroxylation sites is 1. The molecular formula is C25H21FN2O2. The van der Waals surface area contributed by atoms with Gasteiger partial charge in [0.25, 0.3) is 0 Å². The minimum absolute atomic E-state index is 0.0664. The highest BCUT2D eigenvalue weighted by molar-refractivity contribution is 6.02. The quantitative estimate of drug-likeness (QED) is 0.520. The molecule has 0 saturated carbocycles. The van der Waals surface area contributed by atoms with Crippen LogP contribution in [0.4, 0.5) is 4.39 Å². The summed E-state index contributed by atoms with van der Waals surface area (Å²) in [4.78, 5) is 0. The first-order valence-electron chi connectivity index (χ1n) is 9.94. The van der Waals surface area contributed by atoms with Crippen molar-refractivity contribution in [3.63, 3.8) is 0 Å². The molecule has 3 aromatic rings. The van der Waals surface area contributed by atoms with E-state index >= 15 is 0 Å². The molecular weight excluding hydrogens is 379 g/mol. The van der Waals surface area contributed by atoms with Crippen molar-refractivity contribution >= 4 is 5.71 Å². The zero-order chi connectivity index (χ0) is 20.5. The van der Waals surface area contributed by atoms with Crippen molar-refractivity contribution in [1.82, 2.24) is 5.01 Å². The Hall–Kier alpha value is -3.60. The fraction of sp³-hybridized carbons (Fsp3) is 0.160. The van der Waals surface area contributed by atoms with E-state index in [4.69, 9.17) is 14.6 Å². The van der Waals surface area contributed by atoms with Crippen molar-refractivity contribution in [2.75, 3.05) is 6.61 Å². The Morgan fingerprint density at radius 2 is 1.83 bits per heavy atom. The lowest BCUT2D eigenvalue weighted by atomic mass is 9.96. The van der Waals surface area contributed by atoms with E-state index in [1.807, 2.05) is 47.5 Å². The second kappa shape index (κ2) is 7.67. The molecule has 0 aliphatic carbocycles. The number of rotatable bonds is 5. The molecule has 0 amide bonds. The standard InChI is InChI=1S/C25H21FN2O2/c1-2-15-29-20-13-9-17(10-14-20)22-16-23-21-5-3-4-6-24(21)30-25(28(23)27-22)18-7-11-19(26)12-8-18/h2-14,23,25H,1,15-16H2/t23-,25+/m0/s1. The number of benzene rings is 3. The maximum Gasteiger partial charge on any atom is 0.213 e. The highest BCUT2D eigenvalue weighted by Gasteiger charge is 2.40. The maximum absolute atomic E-state index is 13.5. The molecule has 2 aliphatic heterocycles. The van der Waals surface area contributed by atoms with Crippen molar-refractivity contribution in [2.45, 2.75) is 18.7 Å². The van der Waals surface area contributed by atoms with Crippen LogP contribution >= 0.6 is 0 Å². The Balaban J connectivity index is 1.49. The number of ether oxygens (including phenoxy) is 2. The first kappa shape index (κ1) is 18.4. The molecule has 0 fully saturated rings. The minimum Gasteiger partial charge on any atom is -0.490 e. The molecule has 0 spiro atoms. The smallest absolute Gasteiger partial charge is 0.213 e. The molecule has 5 rings (SSSR count). The topological polar surface area (TPSA) is 34.1 Å². The summed E-state index contributed by atoms with van der Waals surface area (Å²) >= 11 is 0. The van der Waals surface area contributed by atoms with Gasteiger partial charge in [0, 0.05) is 17.5 Å². The van der Waals surface area contributed by atoms with Gasteiger partial charge >= 0.3 is 0 Å². The first-order valence-corrected chi connectivity index (χ1v) is 9.94. The number of halogens is 1. The molecule has 0 bridgehead atoms. The molecule has 0 saturated heterocycles. The highest BCUT2D eigenvalue weighted by Crippen LogP contribution is 2.47. The van der Waals surface area contributed by atoms with E-state index in [9.17, 15) is 4.39 Å². The van der Waals surface area contributed by atoms with Crippen LogP contribution < -0.4 is 9.47 Å². The summed E-state index contributed by atoms with van der Waals surface area (Å²) in [7, 11) is 0. The van der Waals surface area contributed by atoms with Crippen LogP contribution in [0.3, 0.4) is 0 Å². The Bertz CT molecular complexity index is 1090. The third kappa shape index (κ3) is 3.32. The zero-order valence-electron chi connectivity index (χ0n) is 16.4. The summed E-state index contributed by atoms with van der Waals surface area (Å²) in [6, 6.07) is 22.5. The van der Waals surface area contributed by atoms with Gasteiger partial charge in [-0.3, -0.25) is 0 Å². The van der Waals surface area contributed by atoms with Crippen LogP contribution in [0.2, 0.25) is 0 Å². The SMILES string of the molecule is C=CCOc1ccc(C2=NN3[C@@H](c4ccc(F)cc4)Oc4ccccc4[C@@H]3C2)cc1. The summed E-state index contributed by atoms with van der Waals surface area (Å²) in [5.41, 5.74) is 4.02. The molecule has 0 N–H and O–H groups in total. The number of hydrazone groups is 1. The molecule has 2 atom stereocenters. The summed E-state index contributed by atoms with van der Waals surface area (Å²) in [5, 5.41) is 6.92. The van der Waals surface area contributed by atoms with Gasteiger partial charge in [-0.15, -0.1) is 0 Å². The van der Waals surface area contributed by atoms with Crippen LogP contribution in [0.25, 0.3) is 0 Å². The molecule has 2 heterocycles. The van der Waals surface area contributed by atoms with Gasteiger partial charge in [-0.2, -0.15) is 5.10 Å². The van der Waals surface area contributed by atoms with E-state index in [1.54, 1.807) is 18.2 Å². The van der Waals surface area contributed by atoms with Crippen LogP contribution in [0.1, 0.15) is 35.4 Å². The van der Waals surface area contributed by atoms with Crippen LogP contribution in [-0.4, -0.2) is 17.3 Å². The van der Waals surface area contributed by atoms with Gasteiger partial charge in [0.15, 0.2) is 0 Å². The van der Waals surface area contributed by atoms with Crippen LogP contribution in [0.15, 0.2) is 90.6 Å². The van der Waals surface area contributed by atoms with E-state index in [0.29, 0.717) is 6.61 Å². The number of nitrogens with zero attached hydrogens (tertiary/aromatic N) is 2. The second-order valence-electron chi connectivity index (χ2n) is 7.33. The number of hydrogen-bond acceptors (Lipinski definition) is 4. The lowest BCUT2D eigenvalue weighted by molar-refractivity contribution is -0.0190. The predicted octanol–water partition coefficient (Wildman–Crippen LogP) is 5.63. The van der Waals surface area contributed by atoms with Crippen LogP contribution in [0.5, 0.6) is 11.5 Å². The average molecular weight is 400 g/mol. The van der Waals surface area contributed by atoms with Crippen molar-refractivity contribution in [3.8, 4) is 11.5 Å². The lowest BCUT2D eigenvalue weighted by Crippen LogP contribution is -2.33. The third-order valence-corrected chi connectivity index (χ3v) is 5.41. The molecule has 4 nitrogen and oxygen atoms in total. The first-order chi connectivity index (χ1) is 14.7. The summed E-state index contributed by atoms with van der Waals surface area (Å²) in [6.45, 7) is 4.15. The summed E-state index contributed by atoms with van der Waals surface area (Å²) in [6.07, 6.45) is 2.09. The Morgan fingerprint density at radius 3 is 2.60 bits per heavy atom. The van der Waals surface area contributed by atoms with Gasteiger partial charge in [-0.1, -0.05) is 43.0 Å². The van der Waals surface area contributed by atoms with Crippen molar-refractivity contribution in [1.29, 1.82) is 0 Å². The molecule has 0 unspecified atom stereocenters. The highest BCUT2D eigenvalue weighted by atomic mass is 19.1. The molecule has 150 valence electrons. The maximum atomic E-state index is 13.5. The largest absolute Gasteiger partial charge is 0.490 e. The second-order valence-corrected chi connectivity index (χ2v) is 7.33. The van der Waals surface area contributed by atoms with Crippen molar-refractivity contribution in [2.24, 2.45) is 5.10 Å². The minimum atomic E-state index is -0.404. The predicted molar refractivity (Wildman–Crippen MR) is 114 cm³/mol. The Labute approximate surface area is 174 Å². The Kier molecular flexibility index (Phi) is 4.71. The van der Waals surface area contributed by atoms with E-state index < -0.39 is 6.23 Å². The third-order valence-electron chi connectivity index (χ3n) is 5.41. The number of fused-ring (bicyclic) bond motifs is 3. The van der Waals surface area contributed by atoms with Gasteiger partial charge in [0.05, 0.1) is 11.8 Å². The van der Waals surface area contributed by atoms with Gasteiger partial charge < -0.3 is 9.47 Å².